The number of halogens is 1. The van der Waals surface area contributed by atoms with E-state index in [1.165, 1.54) is 12.3 Å². The van der Waals surface area contributed by atoms with E-state index in [2.05, 4.69) is 4.98 Å². The van der Waals surface area contributed by atoms with Crippen LogP contribution in [0.4, 0.5) is 4.39 Å². The van der Waals surface area contributed by atoms with E-state index in [-0.39, 0.29) is 5.41 Å². The van der Waals surface area contributed by atoms with Crippen LogP contribution in [-0.2, 0) is 5.41 Å². The monoisotopic (exact) mass is 209 g/mol. The van der Waals surface area contributed by atoms with Crippen molar-refractivity contribution in [2.24, 2.45) is 0 Å². The number of aromatic nitrogens is 1. The number of ether oxygens (including phenoxy) is 1. The van der Waals surface area contributed by atoms with Gasteiger partial charge in [0.25, 0.3) is 0 Å². The van der Waals surface area contributed by atoms with Gasteiger partial charge in [-0.15, -0.1) is 0 Å². The van der Waals surface area contributed by atoms with Crippen molar-refractivity contribution in [2.45, 2.75) is 45.1 Å². The maximum atomic E-state index is 13.1. The molecule has 1 aliphatic rings. The summed E-state index contributed by atoms with van der Waals surface area (Å²) in [6, 6.07) is 1.47. The fourth-order valence-corrected chi connectivity index (χ4v) is 1.46. The highest BCUT2D eigenvalue weighted by Crippen LogP contribution is 2.35. The van der Waals surface area contributed by atoms with Crippen LogP contribution >= 0.6 is 0 Å². The highest BCUT2D eigenvalue weighted by Gasteiger charge is 2.27. The fourth-order valence-electron chi connectivity index (χ4n) is 1.46. The van der Waals surface area contributed by atoms with Gasteiger partial charge in [-0.1, -0.05) is 20.8 Å². The lowest BCUT2D eigenvalue weighted by molar-refractivity contribution is 0.292. The molecule has 2 nitrogen and oxygen atoms in total. The summed E-state index contributed by atoms with van der Waals surface area (Å²) in [5.41, 5.74) is 0.774. The average Bonchev–Trinajstić information content (AvgIpc) is 2.90. The molecule has 0 unspecified atom stereocenters. The number of hydrogen-bond donors (Lipinski definition) is 0. The summed E-state index contributed by atoms with van der Waals surface area (Å²) in [7, 11) is 0. The Balaban J connectivity index is 2.34. The van der Waals surface area contributed by atoms with Crippen molar-refractivity contribution < 1.29 is 9.13 Å². The predicted molar refractivity (Wildman–Crippen MR) is 56.5 cm³/mol. The van der Waals surface area contributed by atoms with E-state index in [1.807, 2.05) is 20.8 Å². The first-order chi connectivity index (χ1) is 6.97. The van der Waals surface area contributed by atoms with Crippen LogP contribution in [0, 0.1) is 5.95 Å². The normalized spacial score (nSPS) is 16.5. The van der Waals surface area contributed by atoms with Crippen molar-refractivity contribution >= 4 is 0 Å². The molecule has 1 fully saturated rings. The van der Waals surface area contributed by atoms with E-state index in [4.69, 9.17) is 4.74 Å². The minimum atomic E-state index is -0.442. The van der Waals surface area contributed by atoms with Crippen LogP contribution in [-0.4, -0.2) is 11.1 Å². The summed E-state index contributed by atoms with van der Waals surface area (Å²) < 4.78 is 18.8. The lowest BCUT2D eigenvalue weighted by atomic mass is 9.87. The molecule has 0 saturated heterocycles. The second-order valence-electron chi connectivity index (χ2n) is 5.07. The molecule has 1 aromatic rings. The number of pyridine rings is 1. The molecule has 0 bridgehead atoms. The molecule has 82 valence electrons. The third-order valence-electron chi connectivity index (χ3n) is 2.46. The van der Waals surface area contributed by atoms with Crippen molar-refractivity contribution in [1.82, 2.24) is 4.98 Å². The summed E-state index contributed by atoms with van der Waals surface area (Å²) in [4.78, 5) is 3.64. The topological polar surface area (TPSA) is 22.1 Å². The largest absolute Gasteiger partial charge is 0.488 e. The molecule has 0 radical (unpaired) electrons. The molecule has 0 N–H and O–H groups in total. The Kier molecular flexibility index (Phi) is 2.41. The van der Waals surface area contributed by atoms with Gasteiger partial charge >= 0.3 is 0 Å². The molecule has 1 saturated carbocycles. The number of nitrogens with zero attached hydrogens (tertiary/aromatic N) is 1. The Morgan fingerprint density at radius 3 is 2.60 bits per heavy atom. The van der Waals surface area contributed by atoms with Crippen molar-refractivity contribution in [3.8, 4) is 5.75 Å². The van der Waals surface area contributed by atoms with Crippen LogP contribution < -0.4 is 4.74 Å². The van der Waals surface area contributed by atoms with Gasteiger partial charge in [0.05, 0.1) is 12.3 Å². The highest BCUT2D eigenvalue weighted by molar-refractivity contribution is 5.36. The standard InChI is InChI=1S/C12H16FNO/c1-12(2,3)9-6-11(13)14-7-10(9)15-8-4-5-8/h6-8H,4-5H2,1-3H3. The lowest BCUT2D eigenvalue weighted by Crippen LogP contribution is -2.15. The van der Waals surface area contributed by atoms with Crippen LogP contribution in [0.5, 0.6) is 5.75 Å². The van der Waals surface area contributed by atoms with Gasteiger partial charge in [0.2, 0.25) is 5.95 Å². The maximum absolute atomic E-state index is 13.1. The summed E-state index contributed by atoms with van der Waals surface area (Å²) >= 11 is 0. The van der Waals surface area contributed by atoms with E-state index in [0.717, 1.165) is 24.2 Å². The second-order valence-corrected chi connectivity index (χ2v) is 5.07. The first kappa shape index (κ1) is 10.4. The Morgan fingerprint density at radius 1 is 1.40 bits per heavy atom. The van der Waals surface area contributed by atoms with Gasteiger partial charge in [0, 0.05) is 11.6 Å². The van der Waals surface area contributed by atoms with Crippen LogP contribution in [0.15, 0.2) is 12.3 Å². The average molecular weight is 209 g/mol. The van der Waals surface area contributed by atoms with Crippen LogP contribution in [0.2, 0.25) is 0 Å². The number of rotatable bonds is 2. The molecule has 0 atom stereocenters. The zero-order chi connectivity index (χ0) is 11.1. The third-order valence-corrected chi connectivity index (χ3v) is 2.46. The Labute approximate surface area is 89.5 Å². The van der Waals surface area contributed by atoms with Crippen molar-refractivity contribution in [3.63, 3.8) is 0 Å². The molecule has 1 aliphatic carbocycles. The van der Waals surface area contributed by atoms with Crippen LogP contribution in [0.25, 0.3) is 0 Å². The van der Waals surface area contributed by atoms with E-state index in [0.29, 0.717) is 6.10 Å². The quantitative estimate of drug-likeness (QED) is 0.698. The molecule has 2 rings (SSSR count). The van der Waals surface area contributed by atoms with E-state index < -0.39 is 5.95 Å². The molecule has 1 aromatic heterocycles. The number of hydrogen-bond acceptors (Lipinski definition) is 2. The molecular weight excluding hydrogens is 193 g/mol. The molecule has 0 aliphatic heterocycles. The molecule has 0 spiro atoms. The summed E-state index contributed by atoms with van der Waals surface area (Å²) in [5, 5.41) is 0. The van der Waals surface area contributed by atoms with Crippen molar-refractivity contribution in [1.29, 1.82) is 0 Å². The first-order valence-electron chi connectivity index (χ1n) is 5.29. The molecule has 3 heteroatoms. The zero-order valence-corrected chi connectivity index (χ0v) is 9.38. The summed E-state index contributed by atoms with van der Waals surface area (Å²) in [6.45, 7) is 6.13. The fraction of sp³-hybridized carbons (Fsp3) is 0.583. The Morgan fingerprint density at radius 2 is 2.07 bits per heavy atom. The molecule has 1 heterocycles. The molecule has 0 amide bonds. The Bertz CT molecular complexity index is 366. The molecule has 0 aromatic carbocycles. The van der Waals surface area contributed by atoms with Crippen molar-refractivity contribution in [3.05, 3.63) is 23.8 Å². The molecule has 15 heavy (non-hydrogen) atoms. The molecular formula is C12H16FNO. The van der Waals surface area contributed by atoms with Gasteiger partial charge in [-0.05, 0) is 18.3 Å². The van der Waals surface area contributed by atoms with E-state index >= 15 is 0 Å². The van der Waals surface area contributed by atoms with Gasteiger partial charge in [-0.3, -0.25) is 0 Å². The van der Waals surface area contributed by atoms with Crippen LogP contribution in [0.1, 0.15) is 39.2 Å². The first-order valence-corrected chi connectivity index (χ1v) is 5.29. The second kappa shape index (κ2) is 3.47. The smallest absolute Gasteiger partial charge is 0.213 e. The van der Waals surface area contributed by atoms with Gasteiger partial charge in [-0.2, -0.15) is 4.39 Å². The van der Waals surface area contributed by atoms with Crippen LogP contribution in [0.3, 0.4) is 0 Å². The Hall–Kier alpha value is -1.12. The minimum Gasteiger partial charge on any atom is -0.488 e. The highest BCUT2D eigenvalue weighted by atomic mass is 19.1. The van der Waals surface area contributed by atoms with Gasteiger partial charge in [-0.25, -0.2) is 4.98 Å². The maximum Gasteiger partial charge on any atom is 0.213 e. The van der Waals surface area contributed by atoms with Gasteiger partial charge in [0.1, 0.15) is 5.75 Å². The summed E-state index contributed by atoms with van der Waals surface area (Å²) in [6.07, 6.45) is 4.01. The third kappa shape index (κ3) is 2.46. The van der Waals surface area contributed by atoms with Gasteiger partial charge < -0.3 is 4.74 Å². The SMILES string of the molecule is CC(C)(C)c1cc(F)ncc1OC1CC1. The predicted octanol–water partition coefficient (Wildman–Crippen LogP) is 3.06. The minimum absolute atomic E-state index is 0.117. The van der Waals surface area contributed by atoms with E-state index in [1.54, 1.807) is 0 Å². The lowest BCUT2D eigenvalue weighted by Gasteiger charge is -2.22. The zero-order valence-electron chi connectivity index (χ0n) is 9.38. The summed E-state index contributed by atoms with van der Waals surface area (Å²) in [5.74, 6) is 0.287. The van der Waals surface area contributed by atoms with Gasteiger partial charge in [0.15, 0.2) is 0 Å². The van der Waals surface area contributed by atoms with Crippen molar-refractivity contribution in [2.75, 3.05) is 0 Å². The van der Waals surface area contributed by atoms with E-state index in [9.17, 15) is 4.39 Å².